The molecule has 0 saturated heterocycles. The summed E-state index contributed by atoms with van der Waals surface area (Å²) in [6, 6.07) is 1.27. The lowest BCUT2D eigenvalue weighted by Crippen LogP contribution is -2.49. The lowest BCUT2D eigenvalue weighted by atomic mass is 10.0. The largest absolute Gasteiger partial charge is 0.361 e. The molecule has 6 nitrogen and oxygen atoms in total. The molecule has 0 aliphatic heterocycles. The number of nitrogens with zero attached hydrogens (tertiary/aromatic N) is 2. The predicted octanol–water partition coefficient (Wildman–Crippen LogP) is 1.10. The van der Waals surface area contributed by atoms with E-state index in [0.29, 0.717) is 18.0 Å². The van der Waals surface area contributed by atoms with Gasteiger partial charge in [0.2, 0.25) is 11.8 Å². The van der Waals surface area contributed by atoms with Gasteiger partial charge in [0.25, 0.3) is 0 Å². The summed E-state index contributed by atoms with van der Waals surface area (Å²) >= 11 is 0. The lowest BCUT2D eigenvalue weighted by molar-refractivity contribution is -0.136. The Bertz CT molecular complexity index is 454. The van der Waals surface area contributed by atoms with Crippen molar-refractivity contribution in [3.8, 4) is 0 Å². The van der Waals surface area contributed by atoms with Gasteiger partial charge in [0.15, 0.2) is 0 Å². The van der Waals surface area contributed by atoms with Crippen LogP contribution in [0.3, 0.4) is 0 Å². The number of aromatic nitrogens is 1. The quantitative estimate of drug-likeness (QED) is 0.867. The SMILES string of the molecule is CC(=O)N[C@H](C(=O)N(C)Cc1cc(C)on1)C(C)C. The van der Waals surface area contributed by atoms with Gasteiger partial charge in [-0.1, -0.05) is 19.0 Å². The van der Waals surface area contributed by atoms with Crippen molar-refractivity contribution in [2.45, 2.75) is 40.3 Å². The summed E-state index contributed by atoms with van der Waals surface area (Å²) < 4.78 is 4.96. The average Bonchev–Trinajstić information content (AvgIpc) is 2.70. The summed E-state index contributed by atoms with van der Waals surface area (Å²) in [6.07, 6.45) is 0. The minimum Gasteiger partial charge on any atom is -0.361 e. The molecule has 1 aromatic rings. The Morgan fingerprint density at radius 1 is 1.47 bits per heavy atom. The summed E-state index contributed by atoms with van der Waals surface area (Å²) in [5.41, 5.74) is 0.693. The van der Waals surface area contributed by atoms with Crippen LogP contribution >= 0.6 is 0 Å². The number of amides is 2. The van der Waals surface area contributed by atoms with Crippen molar-refractivity contribution in [3.05, 3.63) is 17.5 Å². The first kappa shape index (κ1) is 15.2. The highest BCUT2D eigenvalue weighted by molar-refractivity contribution is 5.86. The summed E-state index contributed by atoms with van der Waals surface area (Å²) in [5, 5.41) is 6.52. The van der Waals surface area contributed by atoms with Crippen molar-refractivity contribution in [2.24, 2.45) is 5.92 Å². The Morgan fingerprint density at radius 3 is 2.53 bits per heavy atom. The standard InChI is InChI=1S/C13H21N3O3/c1-8(2)12(14-10(4)17)13(18)16(5)7-11-6-9(3)19-15-11/h6,8,12H,7H2,1-5H3,(H,14,17)/t12-/m0/s1. The predicted molar refractivity (Wildman–Crippen MR) is 70.2 cm³/mol. The Hall–Kier alpha value is -1.85. The number of nitrogens with one attached hydrogen (secondary N) is 1. The van der Waals surface area contributed by atoms with Crippen molar-refractivity contribution in [1.29, 1.82) is 0 Å². The molecule has 0 spiro atoms. The molecule has 0 unspecified atom stereocenters. The molecular weight excluding hydrogens is 246 g/mol. The number of carbonyl (C=O) groups is 2. The van der Waals surface area contributed by atoms with E-state index in [1.165, 1.54) is 11.8 Å². The molecule has 0 aliphatic carbocycles. The van der Waals surface area contributed by atoms with Crippen LogP contribution in [0.4, 0.5) is 0 Å². The number of hydrogen-bond donors (Lipinski definition) is 1. The van der Waals surface area contributed by atoms with E-state index in [1.54, 1.807) is 20.0 Å². The summed E-state index contributed by atoms with van der Waals surface area (Å²) in [6.45, 7) is 7.36. The minimum atomic E-state index is -0.518. The van der Waals surface area contributed by atoms with Crippen LogP contribution in [-0.4, -0.2) is 35.0 Å². The number of hydrogen-bond acceptors (Lipinski definition) is 4. The monoisotopic (exact) mass is 267 g/mol. The van der Waals surface area contributed by atoms with Crippen molar-refractivity contribution < 1.29 is 14.1 Å². The molecular formula is C13H21N3O3. The van der Waals surface area contributed by atoms with Crippen molar-refractivity contribution in [1.82, 2.24) is 15.4 Å². The third-order valence-corrected chi connectivity index (χ3v) is 2.74. The molecule has 19 heavy (non-hydrogen) atoms. The van der Waals surface area contributed by atoms with E-state index < -0.39 is 6.04 Å². The van der Waals surface area contributed by atoms with Gasteiger partial charge >= 0.3 is 0 Å². The van der Waals surface area contributed by atoms with Crippen LogP contribution in [-0.2, 0) is 16.1 Å². The number of rotatable bonds is 5. The molecule has 1 aromatic heterocycles. The molecule has 6 heteroatoms. The van der Waals surface area contributed by atoms with Crippen molar-refractivity contribution >= 4 is 11.8 Å². The first-order valence-electron chi connectivity index (χ1n) is 6.25. The van der Waals surface area contributed by atoms with E-state index in [4.69, 9.17) is 4.52 Å². The fourth-order valence-corrected chi connectivity index (χ4v) is 1.78. The van der Waals surface area contributed by atoms with Crippen LogP contribution in [0.5, 0.6) is 0 Å². The van der Waals surface area contributed by atoms with Gasteiger partial charge < -0.3 is 14.7 Å². The van der Waals surface area contributed by atoms with E-state index in [-0.39, 0.29) is 17.7 Å². The molecule has 0 aliphatic rings. The number of likely N-dealkylation sites (N-methyl/N-ethyl adjacent to an activating group) is 1. The van der Waals surface area contributed by atoms with E-state index in [0.717, 1.165) is 0 Å². The maximum Gasteiger partial charge on any atom is 0.245 e. The summed E-state index contributed by atoms with van der Waals surface area (Å²) in [4.78, 5) is 25.0. The van der Waals surface area contributed by atoms with Crippen molar-refractivity contribution in [2.75, 3.05) is 7.05 Å². The molecule has 1 heterocycles. The number of aryl methyl sites for hydroxylation is 1. The Balaban J connectivity index is 2.70. The van der Waals surface area contributed by atoms with E-state index >= 15 is 0 Å². The second-order valence-electron chi connectivity index (χ2n) is 5.05. The van der Waals surface area contributed by atoms with Crippen LogP contribution in [0.15, 0.2) is 10.6 Å². The molecule has 0 saturated carbocycles. The zero-order valence-corrected chi connectivity index (χ0v) is 12.1. The highest BCUT2D eigenvalue weighted by atomic mass is 16.5. The van der Waals surface area contributed by atoms with E-state index in [9.17, 15) is 9.59 Å². The Kier molecular flexibility index (Phi) is 5.09. The average molecular weight is 267 g/mol. The summed E-state index contributed by atoms with van der Waals surface area (Å²) in [5.74, 6) is 0.389. The highest BCUT2D eigenvalue weighted by Gasteiger charge is 2.26. The molecule has 0 radical (unpaired) electrons. The molecule has 0 bridgehead atoms. The number of carbonyl (C=O) groups excluding carboxylic acids is 2. The smallest absolute Gasteiger partial charge is 0.245 e. The van der Waals surface area contributed by atoms with Gasteiger partial charge in [-0.2, -0.15) is 0 Å². The second-order valence-corrected chi connectivity index (χ2v) is 5.05. The highest BCUT2D eigenvalue weighted by Crippen LogP contribution is 2.09. The second kappa shape index (κ2) is 6.36. The first-order valence-corrected chi connectivity index (χ1v) is 6.25. The van der Waals surface area contributed by atoms with E-state index in [1.807, 2.05) is 13.8 Å². The topological polar surface area (TPSA) is 75.4 Å². The summed E-state index contributed by atoms with van der Waals surface area (Å²) in [7, 11) is 1.68. The van der Waals surface area contributed by atoms with Gasteiger partial charge in [0.05, 0.1) is 6.54 Å². The van der Waals surface area contributed by atoms with Gasteiger partial charge in [-0.25, -0.2) is 0 Å². The van der Waals surface area contributed by atoms with Gasteiger partial charge in [-0.15, -0.1) is 0 Å². The van der Waals surface area contributed by atoms with Gasteiger partial charge in [-0.3, -0.25) is 9.59 Å². The molecule has 1 N–H and O–H groups in total. The molecule has 1 atom stereocenters. The first-order chi connectivity index (χ1) is 8.81. The van der Waals surface area contributed by atoms with Crippen LogP contribution in [0.2, 0.25) is 0 Å². The van der Waals surface area contributed by atoms with Crippen LogP contribution in [0, 0.1) is 12.8 Å². The van der Waals surface area contributed by atoms with Crippen molar-refractivity contribution in [3.63, 3.8) is 0 Å². The zero-order valence-electron chi connectivity index (χ0n) is 12.1. The van der Waals surface area contributed by atoms with Crippen LogP contribution < -0.4 is 5.32 Å². The fraction of sp³-hybridized carbons (Fsp3) is 0.615. The maximum atomic E-state index is 12.3. The fourth-order valence-electron chi connectivity index (χ4n) is 1.78. The Labute approximate surface area is 113 Å². The van der Waals surface area contributed by atoms with Crippen LogP contribution in [0.1, 0.15) is 32.2 Å². The van der Waals surface area contributed by atoms with Crippen LogP contribution in [0.25, 0.3) is 0 Å². The van der Waals surface area contributed by atoms with Gasteiger partial charge in [-0.05, 0) is 12.8 Å². The minimum absolute atomic E-state index is 0.0258. The molecule has 0 fully saturated rings. The maximum absolute atomic E-state index is 12.3. The molecule has 2 amide bonds. The van der Waals surface area contributed by atoms with E-state index in [2.05, 4.69) is 10.5 Å². The molecule has 106 valence electrons. The molecule has 1 rings (SSSR count). The lowest BCUT2D eigenvalue weighted by Gasteiger charge is -2.26. The van der Waals surface area contributed by atoms with Gasteiger partial charge in [0.1, 0.15) is 17.5 Å². The third-order valence-electron chi connectivity index (χ3n) is 2.74. The Morgan fingerprint density at radius 2 is 2.11 bits per heavy atom. The molecule has 0 aromatic carbocycles. The normalized spacial score (nSPS) is 12.3. The van der Waals surface area contributed by atoms with Gasteiger partial charge in [0, 0.05) is 20.0 Å². The third kappa shape index (κ3) is 4.39. The zero-order chi connectivity index (χ0) is 14.6.